The van der Waals surface area contributed by atoms with Crippen LogP contribution in [-0.4, -0.2) is 34.7 Å². The van der Waals surface area contributed by atoms with E-state index in [9.17, 15) is 19.7 Å². The first-order valence-electron chi connectivity index (χ1n) is 8.30. The molecule has 1 N–H and O–H groups in total. The number of nitro groups is 1. The second-order valence-corrected chi connectivity index (χ2v) is 6.62. The summed E-state index contributed by atoms with van der Waals surface area (Å²) in [6, 6.07) is 4.69. The summed E-state index contributed by atoms with van der Waals surface area (Å²) in [5.41, 5.74) is 0.997. The molecule has 0 radical (unpaired) electrons. The Kier molecular flexibility index (Phi) is 4.51. The molecule has 2 amide bonds. The van der Waals surface area contributed by atoms with Crippen molar-refractivity contribution in [2.24, 2.45) is 11.8 Å². The number of benzene rings is 1. The Morgan fingerprint density at radius 1 is 1.17 bits per heavy atom. The maximum atomic E-state index is 12.4. The highest BCUT2D eigenvalue weighted by molar-refractivity contribution is 5.93. The number of anilines is 1. The highest BCUT2D eigenvalue weighted by Gasteiger charge is 2.36. The molecule has 1 aromatic carbocycles. The van der Waals surface area contributed by atoms with Gasteiger partial charge in [0.2, 0.25) is 11.8 Å². The van der Waals surface area contributed by atoms with Gasteiger partial charge in [0.1, 0.15) is 0 Å². The first kappa shape index (κ1) is 16.4. The monoisotopic (exact) mass is 331 g/mol. The van der Waals surface area contributed by atoms with E-state index in [2.05, 4.69) is 5.32 Å². The average Bonchev–Trinajstić information content (AvgIpc) is 3.41. The summed E-state index contributed by atoms with van der Waals surface area (Å²) in [4.78, 5) is 36.8. The summed E-state index contributed by atoms with van der Waals surface area (Å²) in [6.07, 6.45) is 3.26. The molecule has 0 atom stereocenters. The lowest BCUT2D eigenvalue weighted by atomic mass is 9.95. The third-order valence-electron chi connectivity index (χ3n) is 4.78. The number of hydrogen-bond acceptors (Lipinski definition) is 4. The van der Waals surface area contributed by atoms with E-state index in [4.69, 9.17) is 0 Å². The summed E-state index contributed by atoms with van der Waals surface area (Å²) >= 11 is 0. The molecule has 1 saturated heterocycles. The number of aryl methyl sites for hydroxylation is 1. The van der Waals surface area contributed by atoms with Crippen LogP contribution in [0.25, 0.3) is 0 Å². The fourth-order valence-corrected chi connectivity index (χ4v) is 3.08. The van der Waals surface area contributed by atoms with Crippen molar-refractivity contribution in [3.05, 3.63) is 33.9 Å². The molecule has 0 aromatic heterocycles. The van der Waals surface area contributed by atoms with Gasteiger partial charge in [-0.3, -0.25) is 19.7 Å². The summed E-state index contributed by atoms with van der Waals surface area (Å²) in [6.45, 7) is 2.89. The SMILES string of the molecule is Cc1ccc(NC(=O)C2CCN(C(=O)C3CC3)CC2)cc1[N+](=O)[O-]. The molecule has 2 aliphatic rings. The van der Waals surface area contributed by atoms with Crippen molar-refractivity contribution in [1.29, 1.82) is 0 Å². The van der Waals surface area contributed by atoms with Crippen LogP contribution in [0.5, 0.6) is 0 Å². The zero-order valence-electron chi connectivity index (χ0n) is 13.7. The molecule has 1 heterocycles. The van der Waals surface area contributed by atoms with Gasteiger partial charge < -0.3 is 10.2 Å². The Balaban J connectivity index is 1.57. The number of nitrogens with zero attached hydrogens (tertiary/aromatic N) is 2. The molecule has 1 aromatic rings. The predicted molar refractivity (Wildman–Crippen MR) is 88.5 cm³/mol. The molecule has 1 aliphatic heterocycles. The predicted octanol–water partition coefficient (Wildman–Crippen LogP) is 2.49. The van der Waals surface area contributed by atoms with Crippen molar-refractivity contribution in [2.75, 3.05) is 18.4 Å². The van der Waals surface area contributed by atoms with Crippen molar-refractivity contribution >= 4 is 23.2 Å². The van der Waals surface area contributed by atoms with Gasteiger partial charge in [-0.25, -0.2) is 0 Å². The van der Waals surface area contributed by atoms with Gasteiger partial charge in [0.05, 0.1) is 4.92 Å². The largest absolute Gasteiger partial charge is 0.342 e. The topological polar surface area (TPSA) is 92.6 Å². The lowest BCUT2D eigenvalue weighted by Crippen LogP contribution is -2.42. The molecule has 0 spiro atoms. The maximum Gasteiger partial charge on any atom is 0.274 e. The summed E-state index contributed by atoms with van der Waals surface area (Å²) in [5.74, 6) is 0.145. The number of carbonyl (C=O) groups excluding carboxylic acids is 2. The zero-order chi connectivity index (χ0) is 17.3. The molecule has 1 aliphatic carbocycles. The van der Waals surface area contributed by atoms with Gasteiger partial charge in [0.15, 0.2) is 0 Å². The molecule has 3 rings (SSSR count). The van der Waals surface area contributed by atoms with Crippen LogP contribution in [0.2, 0.25) is 0 Å². The number of amides is 2. The summed E-state index contributed by atoms with van der Waals surface area (Å²) in [5, 5.41) is 13.7. The quantitative estimate of drug-likeness (QED) is 0.677. The van der Waals surface area contributed by atoms with Crippen LogP contribution in [0, 0.1) is 28.9 Å². The van der Waals surface area contributed by atoms with E-state index in [1.807, 2.05) is 4.90 Å². The highest BCUT2D eigenvalue weighted by Crippen LogP contribution is 2.32. The fourth-order valence-electron chi connectivity index (χ4n) is 3.08. The van der Waals surface area contributed by atoms with E-state index in [0.717, 1.165) is 12.8 Å². The average molecular weight is 331 g/mol. The van der Waals surface area contributed by atoms with E-state index < -0.39 is 4.92 Å². The van der Waals surface area contributed by atoms with Gasteiger partial charge in [-0.1, -0.05) is 6.07 Å². The van der Waals surface area contributed by atoms with Crippen LogP contribution in [0.15, 0.2) is 18.2 Å². The minimum Gasteiger partial charge on any atom is -0.342 e. The van der Waals surface area contributed by atoms with Crippen LogP contribution in [0.3, 0.4) is 0 Å². The molecular formula is C17H21N3O4. The molecule has 0 bridgehead atoms. The Morgan fingerprint density at radius 2 is 1.83 bits per heavy atom. The number of hydrogen-bond donors (Lipinski definition) is 1. The van der Waals surface area contributed by atoms with E-state index in [1.165, 1.54) is 6.07 Å². The second kappa shape index (κ2) is 6.59. The lowest BCUT2D eigenvalue weighted by molar-refractivity contribution is -0.385. The first-order chi connectivity index (χ1) is 11.5. The minimum absolute atomic E-state index is 0.00218. The Hall–Kier alpha value is -2.44. The van der Waals surface area contributed by atoms with Crippen LogP contribution in [0.4, 0.5) is 11.4 Å². The standard InChI is InChI=1S/C17H21N3O4/c1-11-2-5-14(10-15(11)20(23)24)18-16(21)12-6-8-19(9-7-12)17(22)13-3-4-13/h2,5,10,12-13H,3-4,6-9H2,1H3,(H,18,21). The highest BCUT2D eigenvalue weighted by atomic mass is 16.6. The molecule has 128 valence electrons. The van der Waals surface area contributed by atoms with Crippen LogP contribution in [-0.2, 0) is 9.59 Å². The Bertz CT molecular complexity index is 676. The molecular weight excluding hydrogens is 310 g/mol. The zero-order valence-corrected chi connectivity index (χ0v) is 13.7. The third-order valence-corrected chi connectivity index (χ3v) is 4.78. The van der Waals surface area contributed by atoms with E-state index in [1.54, 1.807) is 19.1 Å². The molecule has 7 nitrogen and oxygen atoms in total. The number of likely N-dealkylation sites (tertiary alicyclic amines) is 1. The normalized spacial score (nSPS) is 18.3. The van der Waals surface area contributed by atoms with Crippen LogP contribution >= 0.6 is 0 Å². The summed E-state index contributed by atoms with van der Waals surface area (Å²) in [7, 11) is 0. The van der Waals surface area contributed by atoms with Crippen molar-refractivity contribution in [3.63, 3.8) is 0 Å². The Labute approximate surface area is 140 Å². The van der Waals surface area contributed by atoms with Crippen molar-refractivity contribution in [2.45, 2.75) is 32.6 Å². The number of carbonyl (C=O) groups is 2. The summed E-state index contributed by atoms with van der Waals surface area (Å²) < 4.78 is 0. The van der Waals surface area contributed by atoms with Gasteiger partial charge >= 0.3 is 0 Å². The molecule has 0 unspecified atom stereocenters. The minimum atomic E-state index is -0.451. The lowest BCUT2D eigenvalue weighted by Gasteiger charge is -2.31. The van der Waals surface area contributed by atoms with Gasteiger partial charge in [-0.2, -0.15) is 0 Å². The van der Waals surface area contributed by atoms with Gasteiger partial charge in [-0.15, -0.1) is 0 Å². The fraction of sp³-hybridized carbons (Fsp3) is 0.529. The van der Waals surface area contributed by atoms with E-state index >= 15 is 0 Å². The number of rotatable bonds is 4. The van der Waals surface area contributed by atoms with Crippen molar-refractivity contribution in [1.82, 2.24) is 4.90 Å². The van der Waals surface area contributed by atoms with E-state index in [0.29, 0.717) is 37.2 Å². The van der Waals surface area contributed by atoms with Crippen molar-refractivity contribution < 1.29 is 14.5 Å². The Morgan fingerprint density at radius 3 is 2.42 bits per heavy atom. The molecule has 2 fully saturated rings. The smallest absolute Gasteiger partial charge is 0.274 e. The maximum absolute atomic E-state index is 12.4. The van der Waals surface area contributed by atoms with E-state index in [-0.39, 0.29) is 29.3 Å². The molecule has 1 saturated carbocycles. The third kappa shape index (κ3) is 3.55. The van der Waals surface area contributed by atoms with Gasteiger partial charge in [-0.05, 0) is 38.7 Å². The van der Waals surface area contributed by atoms with Gasteiger partial charge in [0.25, 0.3) is 5.69 Å². The molecule has 24 heavy (non-hydrogen) atoms. The van der Waals surface area contributed by atoms with Crippen molar-refractivity contribution in [3.8, 4) is 0 Å². The second-order valence-electron chi connectivity index (χ2n) is 6.62. The van der Waals surface area contributed by atoms with Gasteiger partial charge in [0, 0.05) is 42.2 Å². The number of nitro benzene ring substituents is 1. The van der Waals surface area contributed by atoms with Crippen LogP contribution in [0.1, 0.15) is 31.2 Å². The number of piperidine rings is 1. The molecule has 7 heteroatoms. The van der Waals surface area contributed by atoms with Crippen LogP contribution < -0.4 is 5.32 Å². The number of nitrogens with one attached hydrogen (secondary N) is 1. The first-order valence-corrected chi connectivity index (χ1v) is 8.30.